The maximum Gasteiger partial charge on any atom is 0.303 e. The lowest BCUT2D eigenvalue weighted by molar-refractivity contribution is -0.137. The standard InChI is InChI=1S/C15H30N2O3S/c1-15(2,3)11(5-6-13(18)19)7-9-17-14(20)12(16)8-10-21-4/h11-12H,5-10,16H2,1-4H3,(H,17,20)(H,18,19)/t11?,12-/m1/s1. The number of nitrogens with one attached hydrogen (secondary N) is 1. The Bertz CT molecular complexity index is 329. The van der Waals surface area contributed by atoms with Crippen LogP contribution in [0, 0.1) is 11.3 Å². The molecule has 21 heavy (non-hydrogen) atoms. The summed E-state index contributed by atoms with van der Waals surface area (Å²) in [6.07, 6.45) is 4.24. The predicted octanol–water partition coefficient (Wildman–Crippen LogP) is 2.10. The normalized spacial score (nSPS) is 14.5. The van der Waals surface area contributed by atoms with E-state index in [1.54, 1.807) is 11.8 Å². The fourth-order valence-electron chi connectivity index (χ4n) is 2.18. The Hall–Kier alpha value is -0.750. The number of rotatable bonds is 10. The summed E-state index contributed by atoms with van der Waals surface area (Å²) in [7, 11) is 0. The summed E-state index contributed by atoms with van der Waals surface area (Å²) in [6.45, 7) is 6.86. The molecule has 0 spiro atoms. The second-order valence-electron chi connectivity index (χ2n) is 6.46. The lowest BCUT2D eigenvalue weighted by Crippen LogP contribution is -2.42. The number of carboxylic acids is 1. The van der Waals surface area contributed by atoms with Gasteiger partial charge in [0.2, 0.25) is 5.91 Å². The molecule has 0 aliphatic rings. The zero-order valence-electron chi connectivity index (χ0n) is 13.6. The minimum Gasteiger partial charge on any atom is -0.481 e. The highest BCUT2D eigenvalue weighted by Gasteiger charge is 2.25. The molecule has 0 saturated heterocycles. The average Bonchev–Trinajstić information content (AvgIpc) is 2.37. The summed E-state index contributed by atoms with van der Waals surface area (Å²) in [5.74, 6) is 0.247. The van der Waals surface area contributed by atoms with E-state index < -0.39 is 12.0 Å². The molecule has 0 aliphatic heterocycles. The van der Waals surface area contributed by atoms with Gasteiger partial charge in [-0.15, -0.1) is 0 Å². The van der Waals surface area contributed by atoms with Gasteiger partial charge < -0.3 is 16.2 Å². The van der Waals surface area contributed by atoms with Gasteiger partial charge in [-0.3, -0.25) is 9.59 Å². The van der Waals surface area contributed by atoms with Gasteiger partial charge in [-0.25, -0.2) is 0 Å². The van der Waals surface area contributed by atoms with Crippen molar-refractivity contribution in [2.75, 3.05) is 18.6 Å². The van der Waals surface area contributed by atoms with Crippen LogP contribution in [0.15, 0.2) is 0 Å². The molecule has 0 fully saturated rings. The molecule has 0 rings (SSSR count). The molecule has 2 atom stereocenters. The van der Waals surface area contributed by atoms with Gasteiger partial charge in [0.1, 0.15) is 0 Å². The Morgan fingerprint density at radius 1 is 1.24 bits per heavy atom. The van der Waals surface area contributed by atoms with Gasteiger partial charge in [0.25, 0.3) is 0 Å². The second-order valence-corrected chi connectivity index (χ2v) is 7.45. The molecule has 0 heterocycles. The van der Waals surface area contributed by atoms with Crippen LogP contribution in [0.2, 0.25) is 0 Å². The van der Waals surface area contributed by atoms with Crippen molar-refractivity contribution in [2.45, 2.75) is 52.5 Å². The lowest BCUT2D eigenvalue weighted by atomic mass is 9.76. The van der Waals surface area contributed by atoms with E-state index in [1.807, 2.05) is 6.26 Å². The summed E-state index contributed by atoms with van der Waals surface area (Å²) >= 11 is 1.67. The predicted molar refractivity (Wildman–Crippen MR) is 88.4 cm³/mol. The number of carbonyl (C=O) groups is 2. The highest BCUT2D eigenvalue weighted by atomic mass is 32.2. The number of hydrogen-bond acceptors (Lipinski definition) is 4. The third-order valence-electron chi connectivity index (χ3n) is 3.69. The van der Waals surface area contributed by atoms with E-state index in [2.05, 4.69) is 26.1 Å². The molecule has 0 bridgehead atoms. The van der Waals surface area contributed by atoms with Gasteiger partial charge in [-0.05, 0) is 42.6 Å². The third kappa shape index (κ3) is 9.74. The van der Waals surface area contributed by atoms with Crippen LogP contribution < -0.4 is 11.1 Å². The van der Waals surface area contributed by atoms with Crippen LogP contribution in [0.4, 0.5) is 0 Å². The van der Waals surface area contributed by atoms with Crippen molar-refractivity contribution in [1.29, 1.82) is 0 Å². The Balaban J connectivity index is 4.18. The second kappa shape index (κ2) is 10.1. The van der Waals surface area contributed by atoms with Gasteiger partial charge in [0.15, 0.2) is 0 Å². The summed E-state index contributed by atoms with van der Waals surface area (Å²) in [4.78, 5) is 22.5. The average molecular weight is 318 g/mol. The number of thioether (sulfide) groups is 1. The summed E-state index contributed by atoms with van der Waals surface area (Å²) < 4.78 is 0. The molecule has 1 amide bonds. The van der Waals surface area contributed by atoms with Gasteiger partial charge >= 0.3 is 5.97 Å². The van der Waals surface area contributed by atoms with E-state index in [0.717, 1.165) is 12.2 Å². The molecule has 5 nitrogen and oxygen atoms in total. The largest absolute Gasteiger partial charge is 0.481 e. The Morgan fingerprint density at radius 3 is 2.33 bits per heavy atom. The van der Waals surface area contributed by atoms with Crippen molar-refractivity contribution < 1.29 is 14.7 Å². The number of aliphatic carboxylic acids is 1. The lowest BCUT2D eigenvalue weighted by Gasteiger charge is -2.30. The van der Waals surface area contributed by atoms with Crippen LogP contribution in [0.1, 0.15) is 46.5 Å². The quantitative estimate of drug-likeness (QED) is 0.573. The number of carbonyl (C=O) groups excluding carboxylic acids is 1. The molecule has 6 heteroatoms. The minimum absolute atomic E-state index is 0.0289. The topological polar surface area (TPSA) is 92.4 Å². The van der Waals surface area contributed by atoms with Crippen molar-refractivity contribution in [3.63, 3.8) is 0 Å². The van der Waals surface area contributed by atoms with Gasteiger partial charge in [0, 0.05) is 13.0 Å². The van der Waals surface area contributed by atoms with Crippen molar-refractivity contribution in [3.05, 3.63) is 0 Å². The van der Waals surface area contributed by atoms with E-state index in [-0.39, 0.29) is 23.7 Å². The van der Waals surface area contributed by atoms with E-state index in [4.69, 9.17) is 10.8 Å². The highest BCUT2D eigenvalue weighted by molar-refractivity contribution is 7.98. The first-order valence-electron chi connectivity index (χ1n) is 7.42. The Kier molecular flexibility index (Phi) is 9.70. The van der Waals surface area contributed by atoms with Crippen molar-refractivity contribution in [1.82, 2.24) is 5.32 Å². The summed E-state index contributed by atoms with van der Waals surface area (Å²) in [5, 5.41) is 11.7. The van der Waals surface area contributed by atoms with Crippen LogP contribution in [-0.2, 0) is 9.59 Å². The van der Waals surface area contributed by atoms with Crippen LogP contribution in [-0.4, -0.2) is 41.6 Å². The Labute approximate surface area is 132 Å². The molecule has 0 aromatic carbocycles. The van der Waals surface area contributed by atoms with Gasteiger partial charge in [-0.1, -0.05) is 20.8 Å². The number of carboxylic acid groups (broad SMARTS) is 1. The third-order valence-corrected chi connectivity index (χ3v) is 4.34. The monoisotopic (exact) mass is 318 g/mol. The minimum atomic E-state index is -0.771. The van der Waals surface area contributed by atoms with Gasteiger partial charge in [-0.2, -0.15) is 11.8 Å². The summed E-state index contributed by atoms with van der Waals surface area (Å²) in [5.41, 5.74) is 5.83. The molecule has 0 aromatic rings. The highest BCUT2D eigenvalue weighted by Crippen LogP contribution is 2.32. The first kappa shape index (κ1) is 20.2. The molecule has 124 valence electrons. The van der Waals surface area contributed by atoms with E-state index in [9.17, 15) is 9.59 Å². The van der Waals surface area contributed by atoms with Crippen LogP contribution in [0.3, 0.4) is 0 Å². The zero-order chi connectivity index (χ0) is 16.5. The Morgan fingerprint density at radius 2 is 1.86 bits per heavy atom. The van der Waals surface area contributed by atoms with E-state index in [1.165, 1.54) is 0 Å². The SMILES string of the molecule is CSCC[C@@H](N)C(=O)NCCC(CCC(=O)O)C(C)(C)C. The molecule has 1 unspecified atom stereocenters. The maximum atomic E-state index is 11.8. The zero-order valence-corrected chi connectivity index (χ0v) is 14.5. The molecule has 0 aliphatic carbocycles. The van der Waals surface area contributed by atoms with E-state index >= 15 is 0 Å². The number of nitrogens with two attached hydrogens (primary N) is 1. The molecule has 0 radical (unpaired) electrons. The first-order chi connectivity index (χ1) is 9.68. The molecular formula is C15H30N2O3S. The van der Waals surface area contributed by atoms with Crippen LogP contribution in [0.5, 0.6) is 0 Å². The van der Waals surface area contributed by atoms with Crippen molar-refractivity contribution in [3.8, 4) is 0 Å². The number of hydrogen-bond donors (Lipinski definition) is 3. The molecular weight excluding hydrogens is 288 g/mol. The fourth-order valence-corrected chi connectivity index (χ4v) is 2.67. The fraction of sp³-hybridized carbons (Fsp3) is 0.867. The van der Waals surface area contributed by atoms with E-state index in [0.29, 0.717) is 19.4 Å². The maximum absolute atomic E-state index is 11.8. The first-order valence-corrected chi connectivity index (χ1v) is 8.82. The molecule has 4 N–H and O–H groups in total. The molecule has 0 aromatic heterocycles. The molecule has 0 saturated carbocycles. The van der Waals surface area contributed by atoms with Gasteiger partial charge in [0.05, 0.1) is 6.04 Å². The van der Waals surface area contributed by atoms with Crippen molar-refractivity contribution >= 4 is 23.6 Å². The van der Waals surface area contributed by atoms with Crippen LogP contribution in [0.25, 0.3) is 0 Å². The number of amides is 1. The van der Waals surface area contributed by atoms with Crippen molar-refractivity contribution in [2.24, 2.45) is 17.1 Å². The smallest absolute Gasteiger partial charge is 0.303 e. The van der Waals surface area contributed by atoms with Crippen LogP contribution >= 0.6 is 11.8 Å². The summed E-state index contributed by atoms with van der Waals surface area (Å²) in [6, 6.07) is -0.454.